The third-order valence-electron chi connectivity index (χ3n) is 6.24. The van der Waals surface area contributed by atoms with Crippen molar-refractivity contribution in [3.63, 3.8) is 0 Å². The second-order valence-corrected chi connectivity index (χ2v) is 9.91. The average molecular weight is 473 g/mol. The molecule has 0 radical (unpaired) electrons. The third kappa shape index (κ3) is 6.07. The number of anilines is 1. The Bertz CT molecular complexity index is 1030. The maximum Gasteiger partial charge on any atom is 0.325 e. The number of hydrogen-bond donors (Lipinski definition) is 3. The Labute approximate surface area is 200 Å². The van der Waals surface area contributed by atoms with Crippen molar-refractivity contribution in [1.82, 2.24) is 14.7 Å². The molecule has 0 aromatic carbocycles. The standard InChI is InChI=1S/C25H36N4O5/c1-5-34-20(32)15-26-23-21(25(2,3)4)28-22-17(12-9-13-29(22)23)24(33)27-18(14-19(30)31)16-10-7-6-8-11-16/h9,12-13,16,18,26H,5-8,10-11,14-15H2,1-4H3,(H,27,33)(H,30,31). The molecule has 0 bridgehead atoms. The molecule has 0 spiro atoms. The van der Waals surface area contributed by atoms with Gasteiger partial charge < -0.3 is 20.5 Å². The van der Waals surface area contributed by atoms with Crippen molar-refractivity contribution >= 4 is 29.3 Å². The zero-order chi connectivity index (χ0) is 24.9. The molecule has 186 valence electrons. The summed E-state index contributed by atoms with van der Waals surface area (Å²) in [5.41, 5.74) is 1.17. The Morgan fingerprint density at radius 1 is 1.24 bits per heavy atom. The lowest BCUT2D eigenvalue weighted by Crippen LogP contribution is -2.42. The molecule has 1 aliphatic carbocycles. The van der Waals surface area contributed by atoms with Gasteiger partial charge in [-0.15, -0.1) is 0 Å². The van der Waals surface area contributed by atoms with Crippen LogP contribution in [0.4, 0.5) is 5.82 Å². The highest BCUT2D eigenvalue weighted by Gasteiger charge is 2.30. The van der Waals surface area contributed by atoms with Crippen LogP contribution in [0.3, 0.4) is 0 Å². The van der Waals surface area contributed by atoms with Gasteiger partial charge in [0, 0.05) is 17.7 Å². The molecule has 1 fully saturated rings. The number of carbonyl (C=O) groups is 3. The lowest BCUT2D eigenvalue weighted by molar-refractivity contribution is -0.141. The molecule has 1 atom stereocenters. The van der Waals surface area contributed by atoms with Crippen LogP contribution in [0.2, 0.25) is 0 Å². The summed E-state index contributed by atoms with van der Waals surface area (Å²) in [6, 6.07) is 3.01. The summed E-state index contributed by atoms with van der Waals surface area (Å²) in [4.78, 5) is 41.6. The van der Waals surface area contributed by atoms with E-state index in [9.17, 15) is 19.5 Å². The largest absolute Gasteiger partial charge is 0.481 e. The van der Waals surface area contributed by atoms with Crippen LogP contribution < -0.4 is 10.6 Å². The van der Waals surface area contributed by atoms with Gasteiger partial charge in [-0.1, -0.05) is 40.0 Å². The van der Waals surface area contributed by atoms with Crippen molar-refractivity contribution in [1.29, 1.82) is 0 Å². The van der Waals surface area contributed by atoms with E-state index in [1.165, 1.54) is 0 Å². The van der Waals surface area contributed by atoms with Gasteiger partial charge in [-0.05, 0) is 37.8 Å². The Morgan fingerprint density at radius 2 is 1.94 bits per heavy atom. The highest BCUT2D eigenvalue weighted by molar-refractivity contribution is 6.00. The smallest absolute Gasteiger partial charge is 0.325 e. The third-order valence-corrected chi connectivity index (χ3v) is 6.24. The average Bonchev–Trinajstić information content (AvgIpc) is 3.17. The molecule has 3 rings (SSSR count). The monoisotopic (exact) mass is 472 g/mol. The summed E-state index contributed by atoms with van der Waals surface area (Å²) in [5.74, 6) is -0.866. The summed E-state index contributed by atoms with van der Waals surface area (Å²) in [7, 11) is 0. The fourth-order valence-corrected chi connectivity index (χ4v) is 4.61. The van der Waals surface area contributed by atoms with E-state index >= 15 is 0 Å². The molecule has 2 aromatic heterocycles. The van der Waals surface area contributed by atoms with Crippen LogP contribution in [-0.2, 0) is 19.7 Å². The number of hydrogen-bond acceptors (Lipinski definition) is 6. The van der Waals surface area contributed by atoms with Gasteiger partial charge in [0.05, 0.1) is 24.3 Å². The zero-order valence-electron chi connectivity index (χ0n) is 20.5. The van der Waals surface area contributed by atoms with E-state index in [0.717, 1.165) is 32.1 Å². The quantitative estimate of drug-likeness (QED) is 0.475. The molecule has 34 heavy (non-hydrogen) atoms. The lowest BCUT2D eigenvalue weighted by atomic mass is 9.82. The Morgan fingerprint density at radius 3 is 2.56 bits per heavy atom. The van der Waals surface area contributed by atoms with Gasteiger partial charge in [0.25, 0.3) is 5.91 Å². The highest BCUT2D eigenvalue weighted by atomic mass is 16.5. The Kier molecular flexibility index (Phi) is 8.17. The topological polar surface area (TPSA) is 122 Å². The number of carbonyl (C=O) groups excluding carboxylic acids is 2. The fourth-order valence-electron chi connectivity index (χ4n) is 4.61. The molecule has 1 unspecified atom stereocenters. The van der Waals surface area contributed by atoms with E-state index in [1.54, 1.807) is 29.7 Å². The number of ether oxygens (including phenoxy) is 1. The number of carboxylic acid groups (broad SMARTS) is 1. The van der Waals surface area contributed by atoms with Crippen LogP contribution in [-0.4, -0.2) is 51.5 Å². The molecule has 1 aliphatic rings. The number of rotatable bonds is 9. The summed E-state index contributed by atoms with van der Waals surface area (Å²) < 4.78 is 6.79. The lowest BCUT2D eigenvalue weighted by Gasteiger charge is -2.30. The molecular formula is C25H36N4O5. The first-order chi connectivity index (χ1) is 16.1. The van der Waals surface area contributed by atoms with Gasteiger partial charge >= 0.3 is 11.9 Å². The van der Waals surface area contributed by atoms with E-state index in [2.05, 4.69) is 10.6 Å². The number of aliphatic carboxylic acids is 1. The summed E-state index contributed by atoms with van der Waals surface area (Å²) in [5, 5.41) is 15.5. The summed E-state index contributed by atoms with van der Waals surface area (Å²) in [6.45, 7) is 8.05. The number of aromatic nitrogens is 2. The van der Waals surface area contributed by atoms with Crippen LogP contribution in [0.25, 0.3) is 5.65 Å². The van der Waals surface area contributed by atoms with E-state index in [1.807, 2.05) is 20.8 Å². The SMILES string of the molecule is CCOC(=O)CNc1c(C(C)(C)C)nc2c(C(=O)NC(CC(=O)O)C3CCCCC3)cccn12. The van der Waals surface area contributed by atoms with Gasteiger partial charge in [0.15, 0.2) is 5.65 Å². The number of fused-ring (bicyclic) bond motifs is 1. The van der Waals surface area contributed by atoms with Crippen molar-refractivity contribution in [2.45, 2.75) is 77.7 Å². The number of pyridine rings is 1. The van der Waals surface area contributed by atoms with Crippen LogP contribution >= 0.6 is 0 Å². The van der Waals surface area contributed by atoms with E-state index in [4.69, 9.17) is 9.72 Å². The van der Waals surface area contributed by atoms with E-state index < -0.39 is 12.0 Å². The number of carboxylic acids is 1. The van der Waals surface area contributed by atoms with Crippen molar-refractivity contribution < 1.29 is 24.2 Å². The molecule has 1 saturated carbocycles. The number of esters is 1. The number of nitrogens with one attached hydrogen (secondary N) is 2. The maximum atomic E-state index is 13.4. The normalized spacial score (nSPS) is 15.6. The van der Waals surface area contributed by atoms with Crippen LogP contribution in [0, 0.1) is 5.92 Å². The van der Waals surface area contributed by atoms with Gasteiger partial charge in [0.2, 0.25) is 0 Å². The number of nitrogens with zero attached hydrogens (tertiary/aromatic N) is 2. The predicted molar refractivity (Wildman–Crippen MR) is 129 cm³/mol. The van der Waals surface area contributed by atoms with Crippen LogP contribution in [0.1, 0.15) is 82.3 Å². The summed E-state index contributed by atoms with van der Waals surface area (Å²) >= 11 is 0. The molecule has 0 saturated heterocycles. The molecule has 1 amide bonds. The second-order valence-electron chi connectivity index (χ2n) is 9.91. The maximum absolute atomic E-state index is 13.4. The van der Waals surface area contributed by atoms with Gasteiger partial charge in [-0.25, -0.2) is 4.98 Å². The van der Waals surface area contributed by atoms with Gasteiger partial charge in [-0.3, -0.25) is 18.8 Å². The minimum absolute atomic E-state index is 0.0243. The van der Waals surface area contributed by atoms with E-state index in [-0.39, 0.29) is 36.2 Å². The first kappa shape index (κ1) is 25.5. The van der Waals surface area contributed by atoms with Crippen molar-refractivity contribution in [3.8, 4) is 0 Å². The number of imidazole rings is 1. The molecule has 0 aliphatic heterocycles. The molecular weight excluding hydrogens is 436 g/mol. The zero-order valence-corrected chi connectivity index (χ0v) is 20.5. The van der Waals surface area contributed by atoms with Crippen molar-refractivity contribution in [2.24, 2.45) is 5.92 Å². The molecule has 9 heteroatoms. The minimum Gasteiger partial charge on any atom is -0.481 e. The van der Waals surface area contributed by atoms with Gasteiger partial charge in [0.1, 0.15) is 12.4 Å². The van der Waals surface area contributed by atoms with E-state index in [0.29, 0.717) is 29.3 Å². The molecule has 9 nitrogen and oxygen atoms in total. The molecule has 2 heterocycles. The first-order valence-electron chi connectivity index (χ1n) is 12.1. The van der Waals surface area contributed by atoms with Crippen LogP contribution in [0.5, 0.6) is 0 Å². The predicted octanol–water partition coefficient (Wildman–Crippen LogP) is 3.76. The number of amides is 1. The minimum atomic E-state index is -0.921. The van der Waals surface area contributed by atoms with Crippen molar-refractivity contribution in [3.05, 3.63) is 29.6 Å². The molecule has 3 N–H and O–H groups in total. The van der Waals surface area contributed by atoms with Gasteiger partial charge in [-0.2, -0.15) is 0 Å². The fraction of sp³-hybridized carbons (Fsp3) is 0.600. The first-order valence-corrected chi connectivity index (χ1v) is 12.1. The Hall–Kier alpha value is -3.10. The highest BCUT2D eigenvalue weighted by Crippen LogP contribution is 2.32. The van der Waals surface area contributed by atoms with Crippen LogP contribution in [0.15, 0.2) is 18.3 Å². The second kappa shape index (κ2) is 10.9. The Balaban J connectivity index is 1.94. The molecule has 2 aromatic rings. The summed E-state index contributed by atoms with van der Waals surface area (Å²) in [6.07, 6.45) is 6.78. The van der Waals surface area contributed by atoms with Crippen molar-refractivity contribution in [2.75, 3.05) is 18.5 Å².